The highest BCUT2D eigenvalue weighted by Crippen LogP contribution is 2.13. The van der Waals surface area contributed by atoms with Crippen LogP contribution in [0.2, 0.25) is 0 Å². The summed E-state index contributed by atoms with van der Waals surface area (Å²) in [6.45, 7) is 1.26. The van der Waals surface area contributed by atoms with Crippen molar-refractivity contribution in [1.29, 1.82) is 0 Å². The summed E-state index contributed by atoms with van der Waals surface area (Å²) in [4.78, 5) is 24.7. The standard InChI is InChI=1S/C10H8NO3/c1-8(13)14-10(4-7-12)9-2-5-11-6-3-9/h2-6H,1H3. The van der Waals surface area contributed by atoms with Gasteiger partial charge in [0.1, 0.15) is 5.76 Å². The van der Waals surface area contributed by atoms with Gasteiger partial charge in [0.05, 0.1) is 0 Å². The summed E-state index contributed by atoms with van der Waals surface area (Å²) in [6.07, 6.45) is 5.71. The van der Waals surface area contributed by atoms with E-state index < -0.39 is 5.97 Å². The number of hydrogen-bond donors (Lipinski definition) is 0. The van der Waals surface area contributed by atoms with E-state index in [4.69, 9.17) is 4.74 Å². The molecule has 1 heterocycles. The van der Waals surface area contributed by atoms with Crippen molar-refractivity contribution in [2.24, 2.45) is 0 Å². The van der Waals surface area contributed by atoms with Crippen LogP contribution < -0.4 is 0 Å². The smallest absolute Gasteiger partial charge is 0.308 e. The summed E-state index contributed by atoms with van der Waals surface area (Å²) in [5.74, 6) is -0.307. The molecule has 0 amide bonds. The molecule has 1 aromatic rings. The summed E-state index contributed by atoms with van der Waals surface area (Å²) in [6, 6.07) is 3.26. The lowest BCUT2D eigenvalue weighted by Crippen LogP contribution is -1.98. The molecule has 0 bridgehead atoms. The minimum atomic E-state index is -0.483. The molecule has 1 aromatic heterocycles. The number of allylic oxidation sites excluding steroid dienone is 1. The Morgan fingerprint density at radius 1 is 1.50 bits per heavy atom. The molecular weight excluding hydrogens is 182 g/mol. The van der Waals surface area contributed by atoms with Crippen molar-refractivity contribution in [1.82, 2.24) is 4.98 Å². The summed E-state index contributed by atoms with van der Waals surface area (Å²) in [7, 11) is 0. The lowest BCUT2D eigenvalue weighted by Gasteiger charge is -2.04. The zero-order valence-electron chi connectivity index (χ0n) is 7.56. The zero-order chi connectivity index (χ0) is 10.4. The van der Waals surface area contributed by atoms with Gasteiger partial charge in [0.25, 0.3) is 0 Å². The molecule has 71 valence electrons. The van der Waals surface area contributed by atoms with Crippen LogP contribution >= 0.6 is 0 Å². The highest BCUT2D eigenvalue weighted by atomic mass is 16.5. The Labute approximate surface area is 81.2 Å². The van der Waals surface area contributed by atoms with Crippen molar-refractivity contribution in [2.75, 3.05) is 0 Å². The van der Waals surface area contributed by atoms with E-state index in [1.165, 1.54) is 19.3 Å². The van der Waals surface area contributed by atoms with Gasteiger partial charge in [-0.05, 0) is 12.1 Å². The molecule has 0 saturated heterocycles. The highest BCUT2D eigenvalue weighted by Gasteiger charge is 2.04. The second-order valence-corrected chi connectivity index (χ2v) is 2.46. The van der Waals surface area contributed by atoms with Gasteiger partial charge in [-0.3, -0.25) is 14.6 Å². The molecule has 0 unspecified atom stereocenters. The zero-order valence-corrected chi connectivity index (χ0v) is 7.56. The molecule has 0 aliphatic rings. The number of carbonyl (C=O) groups is 1. The minimum Gasteiger partial charge on any atom is -0.426 e. The van der Waals surface area contributed by atoms with Gasteiger partial charge in [-0.15, -0.1) is 0 Å². The first-order valence-corrected chi connectivity index (χ1v) is 3.90. The molecule has 0 N–H and O–H groups in total. The molecule has 0 aliphatic carbocycles. The third-order valence-electron chi connectivity index (χ3n) is 1.41. The maximum atomic E-state index is 10.7. The Bertz CT molecular complexity index is 357. The molecular formula is C10H8NO3. The summed E-state index contributed by atoms with van der Waals surface area (Å²) in [5, 5.41) is 0. The average Bonchev–Trinajstić information content (AvgIpc) is 2.18. The molecule has 0 aliphatic heterocycles. The lowest BCUT2D eigenvalue weighted by molar-refractivity contribution is -0.134. The lowest BCUT2D eigenvalue weighted by atomic mass is 10.2. The van der Waals surface area contributed by atoms with Crippen molar-refractivity contribution >= 4 is 18.0 Å². The fraction of sp³-hybridized carbons (Fsp3) is 0.100. The van der Waals surface area contributed by atoms with Crippen LogP contribution in [0.1, 0.15) is 12.5 Å². The third-order valence-corrected chi connectivity index (χ3v) is 1.41. The number of nitrogens with zero attached hydrogens (tertiary/aromatic N) is 1. The van der Waals surface area contributed by atoms with Crippen molar-refractivity contribution in [3.8, 4) is 0 Å². The van der Waals surface area contributed by atoms with E-state index in [1.807, 2.05) is 0 Å². The normalized spacial score (nSPS) is 10.8. The van der Waals surface area contributed by atoms with E-state index in [1.54, 1.807) is 18.4 Å². The largest absolute Gasteiger partial charge is 0.426 e. The fourth-order valence-corrected chi connectivity index (χ4v) is 0.896. The SMILES string of the molecule is CC(=O)OC(=C[C]=O)c1ccncc1. The van der Waals surface area contributed by atoms with E-state index in [9.17, 15) is 9.59 Å². The molecule has 0 atom stereocenters. The first kappa shape index (κ1) is 10.1. The number of pyridine rings is 1. The Kier molecular flexibility index (Phi) is 3.55. The van der Waals surface area contributed by atoms with Gasteiger partial charge in [0.15, 0.2) is 0 Å². The van der Waals surface area contributed by atoms with Gasteiger partial charge in [-0.1, -0.05) is 0 Å². The highest BCUT2D eigenvalue weighted by molar-refractivity contribution is 5.84. The Balaban J connectivity index is 2.95. The van der Waals surface area contributed by atoms with E-state index in [0.29, 0.717) is 5.56 Å². The Morgan fingerprint density at radius 3 is 2.64 bits per heavy atom. The second-order valence-electron chi connectivity index (χ2n) is 2.46. The van der Waals surface area contributed by atoms with Crippen LogP contribution in [0.3, 0.4) is 0 Å². The van der Waals surface area contributed by atoms with Gasteiger partial charge in [-0.25, -0.2) is 0 Å². The number of rotatable bonds is 3. The van der Waals surface area contributed by atoms with Crippen molar-refractivity contribution in [3.63, 3.8) is 0 Å². The van der Waals surface area contributed by atoms with Crippen LogP contribution in [0.4, 0.5) is 0 Å². The van der Waals surface area contributed by atoms with Crippen LogP contribution in [-0.2, 0) is 14.3 Å². The summed E-state index contributed by atoms with van der Waals surface area (Å²) < 4.78 is 4.81. The first-order chi connectivity index (χ1) is 6.74. The topological polar surface area (TPSA) is 56.3 Å². The molecule has 1 rings (SSSR count). The molecule has 0 fully saturated rings. The second kappa shape index (κ2) is 4.91. The van der Waals surface area contributed by atoms with E-state index in [2.05, 4.69) is 4.98 Å². The molecule has 4 nitrogen and oxygen atoms in total. The van der Waals surface area contributed by atoms with Crippen LogP contribution in [0.5, 0.6) is 0 Å². The maximum absolute atomic E-state index is 10.7. The van der Waals surface area contributed by atoms with Gasteiger partial charge < -0.3 is 4.74 Å². The number of aromatic nitrogens is 1. The number of esters is 1. The number of ether oxygens (including phenoxy) is 1. The molecule has 0 spiro atoms. The van der Waals surface area contributed by atoms with Crippen LogP contribution in [-0.4, -0.2) is 17.2 Å². The minimum absolute atomic E-state index is 0.176. The average molecular weight is 190 g/mol. The van der Waals surface area contributed by atoms with Crippen molar-refractivity contribution in [3.05, 3.63) is 36.2 Å². The van der Waals surface area contributed by atoms with Crippen LogP contribution in [0.25, 0.3) is 5.76 Å². The van der Waals surface area contributed by atoms with E-state index in [0.717, 1.165) is 6.08 Å². The third kappa shape index (κ3) is 2.82. The summed E-state index contributed by atoms with van der Waals surface area (Å²) >= 11 is 0. The maximum Gasteiger partial charge on any atom is 0.308 e. The number of carbonyl (C=O) groups excluding carboxylic acids is 2. The van der Waals surface area contributed by atoms with Gasteiger partial charge in [0.2, 0.25) is 6.29 Å². The molecule has 1 radical (unpaired) electrons. The first-order valence-electron chi connectivity index (χ1n) is 3.90. The molecule has 0 aromatic carbocycles. The molecule has 4 heteroatoms. The van der Waals surface area contributed by atoms with Gasteiger partial charge in [-0.2, -0.15) is 0 Å². The monoisotopic (exact) mass is 190 g/mol. The van der Waals surface area contributed by atoms with Gasteiger partial charge >= 0.3 is 5.97 Å². The van der Waals surface area contributed by atoms with Crippen LogP contribution in [0.15, 0.2) is 30.6 Å². The van der Waals surface area contributed by atoms with Crippen molar-refractivity contribution < 1.29 is 14.3 Å². The van der Waals surface area contributed by atoms with Crippen LogP contribution in [0, 0.1) is 0 Å². The predicted octanol–water partition coefficient (Wildman–Crippen LogP) is 1.10. The van der Waals surface area contributed by atoms with E-state index in [-0.39, 0.29) is 5.76 Å². The Hall–Kier alpha value is -1.97. The van der Waals surface area contributed by atoms with Gasteiger partial charge in [0, 0.05) is 31.0 Å². The predicted molar refractivity (Wildman–Crippen MR) is 49.7 cm³/mol. The summed E-state index contributed by atoms with van der Waals surface area (Å²) in [5.41, 5.74) is 0.610. The van der Waals surface area contributed by atoms with E-state index >= 15 is 0 Å². The fourth-order valence-electron chi connectivity index (χ4n) is 0.896. The number of hydrogen-bond acceptors (Lipinski definition) is 4. The Morgan fingerprint density at radius 2 is 2.14 bits per heavy atom. The quantitative estimate of drug-likeness (QED) is 0.407. The molecule has 14 heavy (non-hydrogen) atoms. The van der Waals surface area contributed by atoms with Crippen molar-refractivity contribution in [2.45, 2.75) is 6.92 Å². The molecule has 0 saturated carbocycles.